The summed E-state index contributed by atoms with van der Waals surface area (Å²) in [5.74, 6) is -0.377. The number of hydrogen-bond donors (Lipinski definition) is 0. The van der Waals surface area contributed by atoms with E-state index >= 15 is 0 Å². The molecular weight excluding hydrogens is 390 g/mol. The molecule has 0 aromatic carbocycles. The van der Waals surface area contributed by atoms with Gasteiger partial charge >= 0.3 is 5.97 Å². The molecule has 0 heterocycles. The number of hydrogen-bond acceptors (Lipinski definition) is 4. The van der Waals surface area contributed by atoms with Crippen molar-refractivity contribution in [3.63, 3.8) is 0 Å². The highest BCUT2D eigenvalue weighted by atomic mass is 127. The molecule has 0 bridgehead atoms. The number of alkyl halides is 2. The Bertz CT molecular complexity index is 156. The third-order valence-electron chi connectivity index (χ3n) is 1.18. The van der Waals surface area contributed by atoms with Crippen LogP contribution in [-0.2, 0) is 19.0 Å². The van der Waals surface area contributed by atoms with E-state index in [1.54, 1.807) is 0 Å². The van der Waals surface area contributed by atoms with Gasteiger partial charge in [-0.3, -0.25) is 0 Å². The minimum Gasteiger partial charge on any atom is -0.467 e. The summed E-state index contributed by atoms with van der Waals surface area (Å²) in [6, 6.07) is 0. The maximum Gasteiger partial charge on any atom is 0.337 e. The fourth-order valence-electron chi connectivity index (χ4n) is 0.625. The van der Waals surface area contributed by atoms with Crippen LogP contribution in [0.15, 0.2) is 0 Å². The van der Waals surface area contributed by atoms with Gasteiger partial charge in [0.05, 0.1) is 7.11 Å². The molecule has 6 heteroatoms. The van der Waals surface area contributed by atoms with Crippen LogP contribution in [0, 0.1) is 0 Å². The molecule has 0 atom stereocenters. The molecule has 0 rings (SSSR count). The maximum absolute atomic E-state index is 11.2. The van der Waals surface area contributed by atoms with Gasteiger partial charge in [0, 0.05) is 14.2 Å². The lowest BCUT2D eigenvalue weighted by Crippen LogP contribution is -2.41. The predicted molar refractivity (Wildman–Crippen MR) is 60.6 cm³/mol. The Morgan fingerprint density at radius 1 is 1.25 bits per heavy atom. The van der Waals surface area contributed by atoms with Crippen LogP contribution in [0.1, 0.15) is 0 Å². The topological polar surface area (TPSA) is 44.8 Å². The van der Waals surface area contributed by atoms with E-state index in [1.807, 2.05) is 45.2 Å². The Balaban J connectivity index is 4.44. The average Bonchev–Trinajstić information content (AvgIpc) is 2.04. The van der Waals surface area contributed by atoms with Gasteiger partial charge in [-0.25, -0.2) is 4.79 Å². The third kappa shape index (κ3) is 2.96. The smallest absolute Gasteiger partial charge is 0.337 e. The number of rotatable bonds is 4. The van der Waals surface area contributed by atoms with Crippen LogP contribution in [0.2, 0.25) is 0 Å². The normalized spacial score (nSPS) is 11.8. The minimum atomic E-state index is -0.840. The van der Waals surface area contributed by atoms with Gasteiger partial charge in [0.25, 0.3) is 0 Å². The van der Waals surface area contributed by atoms with Crippen LogP contribution in [0.3, 0.4) is 0 Å². The molecule has 0 fully saturated rings. The molecule has 0 saturated heterocycles. The van der Waals surface area contributed by atoms with Crippen molar-refractivity contribution >= 4 is 51.2 Å². The van der Waals surface area contributed by atoms with Gasteiger partial charge in [-0.05, 0) is 45.2 Å². The standard InChI is InChI=1S/C6H10I2O4/c1-10-4(9)6(7,8)5(11-2)12-3/h5H,1-3H3. The van der Waals surface area contributed by atoms with E-state index < -0.39 is 7.72 Å². The molecule has 0 aliphatic carbocycles. The molecule has 0 aromatic rings. The molecular formula is C6H10I2O4. The Kier molecular flexibility index (Phi) is 5.95. The molecule has 4 nitrogen and oxygen atoms in total. The van der Waals surface area contributed by atoms with E-state index in [1.165, 1.54) is 21.3 Å². The van der Waals surface area contributed by atoms with Crippen molar-refractivity contribution in [2.75, 3.05) is 21.3 Å². The van der Waals surface area contributed by atoms with Crippen molar-refractivity contribution in [3.8, 4) is 0 Å². The van der Waals surface area contributed by atoms with Crippen molar-refractivity contribution < 1.29 is 19.0 Å². The Morgan fingerprint density at radius 2 is 1.67 bits per heavy atom. The van der Waals surface area contributed by atoms with Crippen LogP contribution >= 0.6 is 45.2 Å². The molecule has 0 aliphatic rings. The van der Waals surface area contributed by atoms with E-state index in [0.29, 0.717) is 0 Å². The first-order valence-electron chi connectivity index (χ1n) is 3.02. The Labute approximate surface area is 98.6 Å². The summed E-state index contributed by atoms with van der Waals surface area (Å²) in [6.07, 6.45) is -0.605. The number of methoxy groups -OCH3 is 3. The molecule has 0 amide bonds. The number of esters is 1. The highest BCUT2D eigenvalue weighted by Gasteiger charge is 2.43. The van der Waals surface area contributed by atoms with Gasteiger partial charge in [-0.2, -0.15) is 0 Å². The summed E-state index contributed by atoms with van der Waals surface area (Å²) in [4.78, 5) is 11.2. The lowest BCUT2D eigenvalue weighted by Gasteiger charge is -2.25. The Hall–Kier alpha value is 0.850. The number of ether oxygens (including phenoxy) is 3. The van der Waals surface area contributed by atoms with Crippen LogP contribution in [0.25, 0.3) is 0 Å². The molecule has 72 valence electrons. The quantitative estimate of drug-likeness (QED) is 0.310. The summed E-state index contributed by atoms with van der Waals surface area (Å²) in [6.45, 7) is 0. The molecule has 0 N–H and O–H groups in total. The van der Waals surface area contributed by atoms with Crippen molar-refractivity contribution in [2.24, 2.45) is 0 Å². The minimum absolute atomic E-state index is 0.377. The maximum atomic E-state index is 11.2. The Morgan fingerprint density at radius 3 is 1.92 bits per heavy atom. The highest BCUT2D eigenvalue weighted by molar-refractivity contribution is 14.2. The van der Waals surface area contributed by atoms with Crippen LogP contribution in [0.4, 0.5) is 0 Å². The first-order chi connectivity index (χ1) is 5.50. The number of carbonyl (C=O) groups is 1. The zero-order chi connectivity index (χ0) is 9.78. The number of carbonyl (C=O) groups excluding carboxylic acids is 1. The largest absolute Gasteiger partial charge is 0.467 e. The number of halogens is 2. The van der Waals surface area contributed by atoms with Crippen LogP contribution in [0.5, 0.6) is 0 Å². The van der Waals surface area contributed by atoms with Crippen LogP contribution in [-0.4, -0.2) is 35.0 Å². The van der Waals surface area contributed by atoms with E-state index in [-0.39, 0.29) is 5.97 Å². The van der Waals surface area contributed by atoms with Gasteiger partial charge in [-0.1, -0.05) is 0 Å². The van der Waals surface area contributed by atoms with Gasteiger partial charge in [-0.15, -0.1) is 0 Å². The monoisotopic (exact) mass is 400 g/mol. The zero-order valence-electron chi connectivity index (χ0n) is 6.97. The van der Waals surface area contributed by atoms with Crippen molar-refractivity contribution in [3.05, 3.63) is 0 Å². The first-order valence-corrected chi connectivity index (χ1v) is 5.18. The molecule has 0 spiro atoms. The van der Waals surface area contributed by atoms with Gasteiger partial charge in [0.15, 0.2) is 6.29 Å². The summed E-state index contributed by atoms with van der Waals surface area (Å²) < 4.78 is 13.6. The van der Waals surface area contributed by atoms with Gasteiger partial charge in [0.1, 0.15) is 0 Å². The van der Waals surface area contributed by atoms with E-state index in [0.717, 1.165) is 0 Å². The van der Waals surface area contributed by atoms with Gasteiger partial charge < -0.3 is 14.2 Å². The third-order valence-corrected chi connectivity index (χ3v) is 3.08. The van der Waals surface area contributed by atoms with Gasteiger partial charge in [0.2, 0.25) is 1.43 Å². The van der Waals surface area contributed by atoms with Crippen molar-refractivity contribution in [2.45, 2.75) is 7.72 Å². The van der Waals surface area contributed by atoms with Crippen molar-refractivity contribution in [1.82, 2.24) is 0 Å². The molecule has 0 saturated carbocycles. The second-order valence-corrected chi connectivity index (χ2v) is 7.39. The second kappa shape index (κ2) is 5.55. The first kappa shape index (κ1) is 12.8. The molecule has 0 radical (unpaired) electrons. The lowest BCUT2D eigenvalue weighted by atomic mass is 10.4. The predicted octanol–water partition coefficient (Wildman–Crippen LogP) is 1.34. The molecule has 12 heavy (non-hydrogen) atoms. The van der Waals surface area contributed by atoms with Crippen molar-refractivity contribution in [1.29, 1.82) is 0 Å². The highest BCUT2D eigenvalue weighted by Crippen LogP contribution is 2.34. The zero-order valence-corrected chi connectivity index (χ0v) is 11.3. The average molecular weight is 400 g/mol. The van der Waals surface area contributed by atoms with E-state index in [4.69, 9.17) is 9.47 Å². The lowest BCUT2D eigenvalue weighted by molar-refractivity contribution is -0.154. The second-order valence-electron chi connectivity index (χ2n) is 1.92. The summed E-state index contributed by atoms with van der Waals surface area (Å²) >= 11 is 3.85. The molecule has 0 unspecified atom stereocenters. The fourth-order valence-corrected chi connectivity index (χ4v) is 2.08. The molecule has 0 aliphatic heterocycles. The summed E-state index contributed by atoms with van der Waals surface area (Å²) in [5, 5.41) is 0. The molecule has 0 aromatic heterocycles. The van der Waals surface area contributed by atoms with Crippen LogP contribution < -0.4 is 0 Å². The summed E-state index contributed by atoms with van der Waals surface area (Å²) in [7, 11) is 4.28. The SMILES string of the molecule is COC(=O)C(I)(I)C(OC)OC. The van der Waals surface area contributed by atoms with E-state index in [2.05, 4.69) is 4.74 Å². The fraction of sp³-hybridized carbons (Fsp3) is 0.833. The summed E-state index contributed by atoms with van der Waals surface area (Å²) in [5.41, 5.74) is 0. The van der Waals surface area contributed by atoms with E-state index in [9.17, 15) is 4.79 Å².